The summed E-state index contributed by atoms with van der Waals surface area (Å²) >= 11 is 0. The van der Waals surface area contributed by atoms with Gasteiger partial charge in [0, 0.05) is 36.9 Å². The summed E-state index contributed by atoms with van der Waals surface area (Å²) in [6.45, 7) is 10.3. The fourth-order valence-corrected chi connectivity index (χ4v) is 6.15. The first-order valence-corrected chi connectivity index (χ1v) is 13.1. The van der Waals surface area contributed by atoms with E-state index in [1.165, 1.54) is 5.56 Å². The summed E-state index contributed by atoms with van der Waals surface area (Å²) in [6, 6.07) is 20.4. The summed E-state index contributed by atoms with van der Waals surface area (Å²) in [6.07, 6.45) is 4.11. The molecule has 2 aliphatic carbocycles. The Labute approximate surface area is 215 Å². The molecule has 0 bridgehead atoms. The topological polar surface area (TPSA) is 83.2 Å². The fraction of sp³-hybridized carbons (Fsp3) is 0.500. The molecular weight excluding hydrogens is 446 g/mol. The van der Waals surface area contributed by atoms with Gasteiger partial charge in [0.05, 0.1) is 23.3 Å². The molecule has 2 aromatic rings. The lowest BCUT2D eigenvalue weighted by Crippen LogP contribution is -2.50. The lowest BCUT2D eigenvalue weighted by molar-refractivity contribution is 0.120. The van der Waals surface area contributed by atoms with Crippen LogP contribution in [0.1, 0.15) is 70.1 Å². The zero-order chi connectivity index (χ0) is 25.9. The number of nitrogens with zero attached hydrogens (tertiary/aromatic N) is 4. The number of nitrogens with one attached hydrogen (secondary N) is 1. The number of rotatable bonds is 8. The highest BCUT2D eigenvalue weighted by Gasteiger charge is 2.58. The van der Waals surface area contributed by atoms with Gasteiger partial charge >= 0.3 is 6.03 Å². The van der Waals surface area contributed by atoms with Gasteiger partial charge in [-0.1, -0.05) is 12.1 Å². The molecule has 1 N–H and O–H groups in total. The predicted molar refractivity (Wildman–Crippen MR) is 142 cm³/mol. The van der Waals surface area contributed by atoms with Crippen molar-refractivity contribution in [2.24, 2.45) is 5.92 Å². The van der Waals surface area contributed by atoms with E-state index in [9.17, 15) is 10.1 Å². The molecule has 2 fully saturated rings. The van der Waals surface area contributed by atoms with E-state index >= 15 is 0 Å². The van der Waals surface area contributed by atoms with Crippen LogP contribution in [0, 0.1) is 28.6 Å². The molecule has 6 nitrogen and oxygen atoms in total. The lowest BCUT2D eigenvalue weighted by atomic mass is 9.80. The van der Waals surface area contributed by atoms with Gasteiger partial charge in [-0.2, -0.15) is 10.5 Å². The largest absolute Gasteiger partial charge is 0.322 e. The molecule has 2 aliphatic rings. The summed E-state index contributed by atoms with van der Waals surface area (Å²) in [5, 5.41) is 21.5. The number of urea groups is 1. The monoisotopic (exact) mass is 483 g/mol. The number of benzene rings is 2. The van der Waals surface area contributed by atoms with E-state index < -0.39 is 0 Å². The van der Waals surface area contributed by atoms with Crippen LogP contribution in [0.3, 0.4) is 0 Å². The first-order valence-electron chi connectivity index (χ1n) is 13.1. The molecule has 6 heteroatoms. The number of anilines is 1. The maximum atomic E-state index is 13.6. The molecule has 2 amide bonds. The molecule has 36 heavy (non-hydrogen) atoms. The van der Waals surface area contributed by atoms with Crippen LogP contribution in [-0.4, -0.2) is 47.0 Å². The Kier molecular flexibility index (Phi) is 7.67. The number of carbonyl (C=O) groups excluding carboxylic acids is 1. The van der Waals surface area contributed by atoms with Crippen molar-refractivity contribution in [3.8, 4) is 12.1 Å². The zero-order valence-electron chi connectivity index (χ0n) is 21.9. The van der Waals surface area contributed by atoms with Crippen molar-refractivity contribution in [3.05, 3.63) is 65.2 Å². The summed E-state index contributed by atoms with van der Waals surface area (Å²) in [5.41, 5.74) is 3.45. The standard InChI is InChI=1S/C30H37N5O/c1-21(2)34(22(3)4)14-15-35(29(36)33-27-10-8-23(19-31)9-11-27)28-12-13-30(18-26(30)17-28)25-7-5-6-24(16-25)20-32/h5-11,16,21-22,26,28H,12-15,17-18H2,1-4H3,(H,33,36)/t26?,28?,30-/m1/s1. The van der Waals surface area contributed by atoms with Gasteiger partial charge in [-0.05, 0) is 107 Å². The first kappa shape index (κ1) is 25.7. The van der Waals surface area contributed by atoms with Gasteiger partial charge in [0.25, 0.3) is 0 Å². The Morgan fingerprint density at radius 2 is 1.72 bits per heavy atom. The minimum Gasteiger partial charge on any atom is -0.320 e. The Balaban J connectivity index is 1.50. The van der Waals surface area contributed by atoms with Crippen molar-refractivity contribution in [2.75, 3.05) is 18.4 Å². The summed E-state index contributed by atoms with van der Waals surface area (Å²) in [4.78, 5) is 18.0. The van der Waals surface area contributed by atoms with E-state index in [0.717, 1.165) is 37.8 Å². The highest BCUT2D eigenvalue weighted by Crippen LogP contribution is 2.62. The number of fused-ring (bicyclic) bond motifs is 1. The number of nitriles is 2. The molecular formula is C30H37N5O. The van der Waals surface area contributed by atoms with Gasteiger partial charge < -0.3 is 10.2 Å². The average Bonchev–Trinajstić information content (AvgIpc) is 3.61. The van der Waals surface area contributed by atoms with Gasteiger partial charge in [-0.25, -0.2) is 4.79 Å². The molecule has 4 rings (SSSR count). The highest BCUT2D eigenvalue weighted by atomic mass is 16.2. The van der Waals surface area contributed by atoms with Crippen molar-refractivity contribution in [1.82, 2.24) is 9.80 Å². The third kappa shape index (κ3) is 5.40. The second-order valence-corrected chi connectivity index (χ2v) is 10.9. The smallest absolute Gasteiger partial charge is 0.320 e. The molecule has 0 heterocycles. The quantitative estimate of drug-likeness (QED) is 0.507. The van der Waals surface area contributed by atoms with Gasteiger partial charge in [-0.15, -0.1) is 0 Å². The normalized spacial score (nSPS) is 22.6. The Bertz CT molecular complexity index is 1150. The summed E-state index contributed by atoms with van der Waals surface area (Å²) < 4.78 is 0. The molecule has 3 atom stereocenters. The van der Waals surface area contributed by atoms with E-state index in [-0.39, 0.29) is 17.5 Å². The zero-order valence-corrected chi connectivity index (χ0v) is 21.9. The van der Waals surface area contributed by atoms with E-state index in [4.69, 9.17) is 5.26 Å². The molecule has 2 unspecified atom stereocenters. The molecule has 188 valence electrons. The average molecular weight is 484 g/mol. The van der Waals surface area contributed by atoms with Crippen LogP contribution in [0.5, 0.6) is 0 Å². The van der Waals surface area contributed by atoms with E-state index in [0.29, 0.717) is 35.8 Å². The number of carbonyl (C=O) groups is 1. The predicted octanol–water partition coefficient (Wildman–Crippen LogP) is 5.89. The molecule has 0 aliphatic heterocycles. The van der Waals surface area contributed by atoms with E-state index in [2.05, 4.69) is 62.2 Å². The number of amides is 2. The molecule has 0 saturated heterocycles. The number of hydrogen-bond donors (Lipinski definition) is 1. The Morgan fingerprint density at radius 3 is 2.33 bits per heavy atom. The fourth-order valence-electron chi connectivity index (χ4n) is 6.15. The van der Waals surface area contributed by atoms with Crippen molar-refractivity contribution >= 4 is 11.7 Å². The molecule has 2 aromatic carbocycles. The van der Waals surface area contributed by atoms with E-state index in [1.54, 1.807) is 24.3 Å². The van der Waals surface area contributed by atoms with Crippen LogP contribution in [0.2, 0.25) is 0 Å². The third-order valence-corrected chi connectivity index (χ3v) is 8.17. The summed E-state index contributed by atoms with van der Waals surface area (Å²) in [5.74, 6) is 0.543. The molecule has 0 radical (unpaired) electrons. The first-order chi connectivity index (χ1) is 17.3. The van der Waals surface area contributed by atoms with Crippen molar-refractivity contribution < 1.29 is 4.79 Å². The Hall–Kier alpha value is -3.35. The SMILES string of the molecule is CC(C)N(CCN(C(=O)Nc1ccc(C#N)cc1)C1CC[C@]2(c3cccc(C#N)c3)CC2C1)C(C)C. The van der Waals surface area contributed by atoms with Gasteiger partial charge in [0.1, 0.15) is 0 Å². The van der Waals surface area contributed by atoms with Crippen LogP contribution in [0.15, 0.2) is 48.5 Å². The van der Waals surface area contributed by atoms with Gasteiger partial charge in [0.2, 0.25) is 0 Å². The molecule has 2 saturated carbocycles. The van der Waals surface area contributed by atoms with Crippen LogP contribution >= 0.6 is 0 Å². The summed E-state index contributed by atoms with van der Waals surface area (Å²) in [7, 11) is 0. The molecule has 0 spiro atoms. The van der Waals surface area contributed by atoms with Crippen LogP contribution in [0.4, 0.5) is 10.5 Å². The lowest BCUT2D eigenvalue weighted by Gasteiger charge is -2.39. The second-order valence-electron chi connectivity index (χ2n) is 10.9. The maximum absolute atomic E-state index is 13.6. The Morgan fingerprint density at radius 1 is 1.03 bits per heavy atom. The van der Waals surface area contributed by atoms with Crippen LogP contribution < -0.4 is 5.32 Å². The van der Waals surface area contributed by atoms with E-state index in [1.807, 2.05) is 17.0 Å². The van der Waals surface area contributed by atoms with Crippen molar-refractivity contribution in [2.45, 2.75) is 76.9 Å². The van der Waals surface area contributed by atoms with Crippen LogP contribution in [0.25, 0.3) is 0 Å². The molecule has 0 aromatic heterocycles. The van der Waals surface area contributed by atoms with Crippen LogP contribution in [-0.2, 0) is 5.41 Å². The third-order valence-electron chi connectivity index (χ3n) is 8.17. The van der Waals surface area contributed by atoms with Gasteiger partial charge in [-0.3, -0.25) is 4.90 Å². The highest BCUT2D eigenvalue weighted by molar-refractivity contribution is 5.89. The van der Waals surface area contributed by atoms with Gasteiger partial charge in [0.15, 0.2) is 0 Å². The minimum absolute atomic E-state index is 0.0724. The maximum Gasteiger partial charge on any atom is 0.322 e. The van der Waals surface area contributed by atoms with Crippen molar-refractivity contribution in [3.63, 3.8) is 0 Å². The minimum atomic E-state index is -0.0724. The van der Waals surface area contributed by atoms with Crippen molar-refractivity contribution in [1.29, 1.82) is 10.5 Å². The number of hydrogen-bond acceptors (Lipinski definition) is 4. The second kappa shape index (κ2) is 10.7.